The van der Waals surface area contributed by atoms with E-state index in [1.54, 1.807) is 6.92 Å². The van der Waals surface area contributed by atoms with Gasteiger partial charge < -0.3 is 14.2 Å². The van der Waals surface area contributed by atoms with Gasteiger partial charge in [0.25, 0.3) is 0 Å². The molecule has 18 heavy (non-hydrogen) atoms. The highest BCUT2D eigenvalue weighted by atomic mass is 16.8. The van der Waals surface area contributed by atoms with Crippen molar-refractivity contribution >= 4 is 12.1 Å². The van der Waals surface area contributed by atoms with Gasteiger partial charge in [0, 0.05) is 6.92 Å². The van der Waals surface area contributed by atoms with E-state index in [4.69, 9.17) is 9.47 Å². The molecule has 0 saturated carbocycles. The van der Waals surface area contributed by atoms with E-state index in [-0.39, 0.29) is 18.5 Å². The molecule has 0 rings (SSSR count). The first kappa shape index (κ1) is 16.7. The molecule has 5 heteroatoms. The summed E-state index contributed by atoms with van der Waals surface area (Å²) in [5.41, 5.74) is 0. The van der Waals surface area contributed by atoms with Crippen LogP contribution in [0.1, 0.15) is 53.4 Å². The Morgan fingerprint density at radius 1 is 1.00 bits per heavy atom. The van der Waals surface area contributed by atoms with Gasteiger partial charge in [0.15, 0.2) is 0 Å². The third kappa shape index (κ3) is 7.14. The number of rotatable bonds is 8. The molecule has 0 aromatic rings. The highest BCUT2D eigenvalue weighted by Crippen LogP contribution is 2.16. The van der Waals surface area contributed by atoms with Crippen LogP contribution in [0.25, 0.3) is 0 Å². The van der Waals surface area contributed by atoms with Gasteiger partial charge in [-0.3, -0.25) is 4.79 Å². The number of ether oxygens (including phenoxy) is 3. The van der Waals surface area contributed by atoms with Crippen molar-refractivity contribution in [3.05, 3.63) is 0 Å². The smallest absolute Gasteiger partial charge is 0.435 e. The molecular formula is C13H24O5. The summed E-state index contributed by atoms with van der Waals surface area (Å²) in [7, 11) is 0. The molecule has 0 aliphatic carbocycles. The van der Waals surface area contributed by atoms with E-state index in [2.05, 4.69) is 4.74 Å². The largest absolute Gasteiger partial charge is 0.511 e. The summed E-state index contributed by atoms with van der Waals surface area (Å²) in [5.74, 6) is -0.427. The molecule has 0 radical (unpaired) electrons. The fraction of sp³-hybridized carbons (Fsp3) is 0.846. The van der Waals surface area contributed by atoms with Gasteiger partial charge in [-0.1, -0.05) is 26.7 Å². The van der Waals surface area contributed by atoms with Crippen LogP contribution in [-0.2, 0) is 19.0 Å². The molecule has 0 N–H and O–H groups in total. The summed E-state index contributed by atoms with van der Waals surface area (Å²) in [6.45, 7) is 7.46. The quantitative estimate of drug-likeness (QED) is 0.495. The van der Waals surface area contributed by atoms with Gasteiger partial charge >= 0.3 is 12.1 Å². The number of hydrogen-bond acceptors (Lipinski definition) is 5. The van der Waals surface area contributed by atoms with Crippen LogP contribution in [-0.4, -0.2) is 25.0 Å². The van der Waals surface area contributed by atoms with Crippen molar-refractivity contribution in [2.24, 2.45) is 5.92 Å². The van der Waals surface area contributed by atoms with Crippen molar-refractivity contribution in [1.29, 1.82) is 0 Å². The monoisotopic (exact) mass is 260 g/mol. The molecule has 0 aromatic heterocycles. The van der Waals surface area contributed by atoms with E-state index in [9.17, 15) is 9.59 Å². The van der Waals surface area contributed by atoms with Crippen LogP contribution in [0.15, 0.2) is 0 Å². The Hall–Kier alpha value is -1.26. The van der Waals surface area contributed by atoms with Crippen LogP contribution >= 0.6 is 0 Å². The maximum Gasteiger partial charge on any atom is 0.511 e. The zero-order chi connectivity index (χ0) is 14.0. The summed E-state index contributed by atoms with van der Waals surface area (Å²) in [6.07, 6.45) is 1.70. The predicted molar refractivity (Wildman–Crippen MR) is 67.0 cm³/mol. The van der Waals surface area contributed by atoms with Gasteiger partial charge in [-0.15, -0.1) is 0 Å². The molecule has 1 unspecified atom stereocenters. The summed E-state index contributed by atoms with van der Waals surface area (Å²) in [6, 6.07) is 0. The Morgan fingerprint density at radius 2 is 1.56 bits per heavy atom. The average Bonchev–Trinajstić information content (AvgIpc) is 2.28. The number of carbonyl (C=O) groups is 2. The first-order valence-corrected chi connectivity index (χ1v) is 6.58. The lowest BCUT2D eigenvalue weighted by Crippen LogP contribution is -2.26. The molecular weight excluding hydrogens is 236 g/mol. The molecule has 0 aliphatic heterocycles. The molecule has 0 bridgehead atoms. The van der Waals surface area contributed by atoms with E-state index in [1.165, 1.54) is 6.92 Å². The van der Waals surface area contributed by atoms with Crippen molar-refractivity contribution in [3.8, 4) is 0 Å². The van der Waals surface area contributed by atoms with E-state index < -0.39 is 12.4 Å². The van der Waals surface area contributed by atoms with E-state index in [0.717, 1.165) is 25.7 Å². The minimum atomic E-state index is -0.909. The summed E-state index contributed by atoms with van der Waals surface area (Å²) in [5, 5.41) is 0. The highest BCUT2D eigenvalue weighted by Gasteiger charge is 2.22. The fourth-order valence-corrected chi connectivity index (χ4v) is 1.65. The SMILES string of the molecule is CCCC(CCC)C(=O)OC(C)OC(=O)OCC. The zero-order valence-electron chi connectivity index (χ0n) is 11.7. The second kappa shape index (κ2) is 9.74. The van der Waals surface area contributed by atoms with Gasteiger partial charge in [0.1, 0.15) is 0 Å². The second-order valence-electron chi connectivity index (χ2n) is 4.08. The summed E-state index contributed by atoms with van der Waals surface area (Å²) < 4.78 is 14.4. The molecule has 0 spiro atoms. The van der Waals surface area contributed by atoms with Crippen LogP contribution in [0.3, 0.4) is 0 Å². The Morgan fingerprint density at radius 3 is 2.00 bits per heavy atom. The third-order valence-electron chi connectivity index (χ3n) is 2.41. The maximum atomic E-state index is 11.8. The third-order valence-corrected chi connectivity index (χ3v) is 2.41. The van der Waals surface area contributed by atoms with Gasteiger partial charge in [-0.05, 0) is 19.8 Å². The Kier molecular flexibility index (Phi) is 9.06. The van der Waals surface area contributed by atoms with Crippen LogP contribution in [0.2, 0.25) is 0 Å². The summed E-state index contributed by atoms with van der Waals surface area (Å²) in [4.78, 5) is 22.8. The molecule has 1 atom stereocenters. The minimum absolute atomic E-state index is 0.117. The van der Waals surface area contributed by atoms with Gasteiger partial charge in [-0.2, -0.15) is 0 Å². The van der Waals surface area contributed by atoms with Crippen LogP contribution in [0.4, 0.5) is 4.79 Å². The van der Waals surface area contributed by atoms with E-state index >= 15 is 0 Å². The lowest BCUT2D eigenvalue weighted by molar-refractivity contribution is -0.173. The normalized spacial score (nSPS) is 12.1. The zero-order valence-corrected chi connectivity index (χ0v) is 11.7. The molecule has 0 aliphatic rings. The van der Waals surface area contributed by atoms with E-state index in [0.29, 0.717) is 0 Å². The van der Waals surface area contributed by atoms with Crippen molar-refractivity contribution in [2.45, 2.75) is 59.7 Å². The molecule has 0 amide bonds. The van der Waals surface area contributed by atoms with Crippen molar-refractivity contribution in [3.63, 3.8) is 0 Å². The van der Waals surface area contributed by atoms with E-state index in [1.807, 2.05) is 13.8 Å². The number of carbonyl (C=O) groups excluding carboxylic acids is 2. The second-order valence-corrected chi connectivity index (χ2v) is 4.08. The fourth-order valence-electron chi connectivity index (χ4n) is 1.65. The standard InChI is InChI=1S/C13H24O5/c1-5-8-11(9-6-2)12(14)17-10(4)18-13(15)16-7-3/h10-11H,5-9H2,1-4H3. The van der Waals surface area contributed by atoms with Crippen molar-refractivity contribution < 1.29 is 23.8 Å². The van der Waals surface area contributed by atoms with Crippen LogP contribution < -0.4 is 0 Å². The molecule has 106 valence electrons. The molecule has 0 aromatic carbocycles. The van der Waals surface area contributed by atoms with Crippen molar-refractivity contribution in [2.75, 3.05) is 6.61 Å². The minimum Gasteiger partial charge on any atom is -0.435 e. The first-order chi connectivity index (χ1) is 8.54. The summed E-state index contributed by atoms with van der Waals surface area (Å²) >= 11 is 0. The first-order valence-electron chi connectivity index (χ1n) is 6.58. The van der Waals surface area contributed by atoms with Crippen molar-refractivity contribution in [1.82, 2.24) is 0 Å². The number of hydrogen-bond donors (Lipinski definition) is 0. The lowest BCUT2D eigenvalue weighted by Gasteiger charge is -2.18. The number of esters is 1. The van der Waals surface area contributed by atoms with Crippen LogP contribution in [0, 0.1) is 5.92 Å². The van der Waals surface area contributed by atoms with Gasteiger partial charge in [0.2, 0.25) is 6.29 Å². The lowest BCUT2D eigenvalue weighted by atomic mass is 9.99. The van der Waals surface area contributed by atoms with Gasteiger partial charge in [0.05, 0.1) is 12.5 Å². The maximum absolute atomic E-state index is 11.8. The molecule has 5 nitrogen and oxygen atoms in total. The Bertz CT molecular complexity index is 246. The highest BCUT2D eigenvalue weighted by molar-refractivity contribution is 5.72. The topological polar surface area (TPSA) is 61.8 Å². The predicted octanol–water partition coefficient (Wildman–Crippen LogP) is 3.27. The van der Waals surface area contributed by atoms with Crippen LogP contribution in [0.5, 0.6) is 0 Å². The Balaban J connectivity index is 4.13. The Labute approximate surface area is 109 Å². The average molecular weight is 260 g/mol. The van der Waals surface area contributed by atoms with Gasteiger partial charge in [-0.25, -0.2) is 4.79 Å². The molecule has 0 saturated heterocycles. The molecule has 0 heterocycles. The molecule has 0 fully saturated rings.